The second-order valence-corrected chi connectivity index (χ2v) is 6.52. The third kappa shape index (κ3) is 4.45. The Hall–Kier alpha value is -3.33. The largest absolute Gasteiger partial charge is 0.372 e. The van der Waals surface area contributed by atoms with Gasteiger partial charge >= 0.3 is 0 Å². The molecule has 2 aromatic rings. The molecule has 27 heavy (non-hydrogen) atoms. The first kappa shape index (κ1) is 18.5. The van der Waals surface area contributed by atoms with Crippen molar-refractivity contribution in [2.45, 2.75) is 19.8 Å². The molecule has 0 bridgehead atoms. The number of benzene rings is 2. The Morgan fingerprint density at radius 3 is 2.41 bits per heavy atom. The highest BCUT2D eigenvalue weighted by Gasteiger charge is 2.18. The molecule has 1 N–H and O–H groups in total. The van der Waals surface area contributed by atoms with E-state index >= 15 is 0 Å². The molecule has 1 saturated heterocycles. The van der Waals surface area contributed by atoms with E-state index in [0.717, 1.165) is 18.8 Å². The number of carbonyl (C=O) groups excluding carboxylic acids is 2. The summed E-state index contributed by atoms with van der Waals surface area (Å²) < 4.78 is 0. The summed E-state index contributed by atoms with van der Waals surface area (Å²) in [5.74, 6) is -0.566. The Bertz CT molecular complexity index is 864. The molecular formula is C21H22N4O2. The minimum atomic E-state index is -0.350. The first-order valence-corrected chi connectivity index (χ1v) is 9.00. The lowest BCUT2D eigenvalue weighted by Gasteiger charge is -2.23. The Morgan fingerprint density at radius 1 is 1.11 bits per heavy atom. The van der Waals surface area contributed by atoms with Gasteiger partial charge in [0.2, 0.25) is 11.8 Å². The zero-order valence-electron chi connectivity index (χ0n) is 15.3. The summed E-state index contributed by atoms with van der Waals surface area (Å²) in [6.45, 7) is 3.43. The summed E-state index contributed by atoms with van der Waals surface area (Å²) in [5, 5.41) is 11.8. The van der Waals surface area contributed by atoms with Gasteiger partial charge in [0.05, 0.1) is 11.3 Å². The Balaban J connectivity index is 1.71. The smallest absolute Gasteiger partial charge is 0.244 e. The molecule has 6 heteroatoms. The average Bonchev–Trinajstić information content (AvgIpc) is 3.21. The molecule has 1 aliphatic heterocycles. The number of rotatable bonds is 5. The molecule has 0 atom stereocenters. The van der Waals surface area contributed by atoms with E-state index in [2.05, 4.69) is 10.2 Å². The van der Waals surface area contributed by atoms with Crippen LogP contribution in [-0.4, -0.2) is 31.4 Å². The minimum absolute atomic E-state index is 0.113. The van der Waals surface area contributed by atoms with Gasteiger partial charge in [-0.2, -0.15) is 5.26 Å². The molecule has 0 radical (unpaired) electrons. The van der Waals surface area contributed by atoms with Crippen molar-refractivity contribution in [3.05, 3.63) is 54.1 Å². The fraction of sp³-hybridized carbons (Fsp3) is 0.286. The van der Waals surface area contributed by atoms with Crippen LogP contribution in [0.2, 0.25) is 0 Å². The zero-order valence-corrected chi connectivity index (χ0v) is 15.3. The number of anilines is 3. The molecular weight excluding hydrogens is 340 g/mol. The number of nitriles is 1. The fourth-order valence-corrected chi connectivity index (χ4v) is 3.23. The second-order valence-electron chi connectivity index (χ2n) is 6.52. The predicted molar refractivity (Wildman–Crippen MR) is 106 cm³/mol. The quantitative estimate of drug-likeness (QED) is 0.886. The van der Waals surface area contributed by atoms with Crippen molar-refractivity contribution in [3.8, 4) is 6.07 Å². The number of hydrogen-bond acceptors (Lipinski definition) is 4. The van der Waals surface area contributed by atoms with Gasteiger partial charge in [-0.1, -0.05) is 12.1 Å². The summed E-state index contributed by atoms with van der Waals surface area (Å²) >= 11 is 0. The number of carbonyl (C=O) groups is 2. The van der Waals surface area contributed by atoms with E-state index in [-0.39, 0.29) is 18.4 Å². The maximum Gasteiger partial charge on any atom is 0.244 e. The number of amides is 2. The van der Waals surface area contributed by atoms with Crippen LogP contribution in [0, 0.1) is 11.3 Å². The molecule has 2 amide bonds. The molecule has 1 heterocycles. The van der Waals surface area contributed by atoms with E-state index in [1.165, 1.54) is 24.7 Å². The topological polar surface area (TPSA) is 76.4 Å². The van der Waals surface area contributed by atoms with E-state index in [4.69, 9.17) is 5.26 Å². The molecule has 0 saturated carbocycles. The zero-order chi connectivity index (χ0) is 19.2. The Kier molecular flexibility index (Phi) is 5.72. The van der Waals surface area contributed by atoms with Crippen LogP contribution < -0.4 is 15.1 Å². The van der Waals surface area contributed by atoms with E-state index < -0.39 is 0 Å². The van der Waals surface area contributed by atoms with Crippen molar-refractivity contribution in [1.29, 1.82) is 5.26 Å². The molecule has 1 aliphatic rings. The lowest BCUT2D eigenvalue weighted by molar-refractivity contribution is -0.120. The van der Waals surface area contributed by atoms with Crippen molar-refractivity contribution >= 4 is 28.9 Å². The number of hydrogen-bond donors (Lipinski definition) is 1. The summed E-state index contributed by atoms with van der Waals surface area (Å²) in [6.07, 6.45) is 2.40. The standard InChI is InChI=1S/C21H22N4O2/c1-16(26)25(15-21(27)23-20-7-3-2-6-17(20)14-22)19-10-8-18(9-11-19)24-12-4-5-13-24/h2-3,6-11H,4-5,12-13,15H2,1H3,(H,23,27). The molecule has 3 rings (SSSR count). The van der Waals surface area contributed by atoms with Gasteiger partial charge in [-0.15, -0.1) is 0 Å². The van der Waals surface area contributed by atoms with Crippen LogP contribution in [-0.2, 0) is 9.59 Å². The van der Waals surface area contributed by atoms with Gasteiger partial charge in [0.1, 0.15) is 12.6 Å². The number of nitrogens with zero attached hydrogens (tertiary/aromatic N) is 3. The van der Waals surface area contributed by atoms with Crippen LogP contribution in [0.3, 0.4) is 0 Å². The summed E-state index contributed by atoms with van der Waals surface area (Å²) in [4.78, 5) is 28.2. The van der Waals surface area contributed by atoms with Crippen molar-refractivity contribution < 1.29 is 9.59 Å². The third-order valence-corrected chi connectivity index (χ3v) is 4.64. The van der Waals surface area contributed by atoms with Crippen LogP contribution in [0.4, 0.5) is 17.1 Å². The fourth-order valence-electron chi connectivity index (χ4n) is 3.23. The lowest BCUT2D eigenvalue weighted by Crippen LogP contribution is -2.36. The van der Waals surface area contributed by atoms with Crippen molar-refractivity contribution in [1.82, 2.24) is 0 Å². The van der Waals surface area contributed by atoms with Crippen LogP contribution in [0.5, 0.6) is 0 Å². The second kappa shape index (κ2) is 8.37. The molecule has 0 aromatic heterocycles. The average molecular weight is 362 g/mol. The lowest BCUT2D eigenvalue weighted by atomic mass is 10.2. The molecule has 138 valence electrons. The van der Waals surface area contributed by atoms with Gasteiger partial charge < -0.3 is 15.1 Å². The van der Waals surface area contributed by atoms with E-state index in [1.807, 2.05) is 30.3 Å². The van der Waals surface area contributed by atoms with Crippen LogP contribution in [0.1, 0.15) is 25.3 Å². The van der Waals surface area contributed by atoms with Gasteiger partial charge in [-0.05, 0) is 49.2 Å². The van der Waals surface area contributed by atoms with Gasteiger partial charge in [0, 0.05) is 31.4 Å². The normalized spacial score (nSPS) is 13.1. The maximum atomic E-state index is 12.4. The van der Waals surface area contributed by atoms with Crippen LogP contribution >= 0.6 is 0 Å². The monoisotopic (exact) mass is 362 g/mol. The molecule has 0 unspecified atom stereocenters. The molecule has 6 nitrogen and oxygen atoms in total. The molecule has 1 fully saturated rings. The van der Waals surface area contributed by atoms with E-state index in [9.17, 15) is 9.59 Å². The maximum absolute atomic E-state index is 12.4. The van der Waals surface area contributed by atoms with Gasteiger partial charge in [-0.25, -0.2) is 0 Å². The first-order chi connectivity index (χ1) is 13.1. The number of para-hydroxylation sites is 1. The van der Waals surface area contributed by atoms with Gasteiger partial charge in [0.25, 0.3) is 0 Å². The van der Waals surface area contributed by atoms with Crippen molar-refractivity contribution in [3.63, 3.8) is 0 Å². The Morgan fingerprint density at radius 2 is 1.78 bits per heavy atom. The predicted octanol–water partition coefficient (Wildman–Crippen LogP) is 3.15. The van der Waals surface area contributed by atoms with Gasteiger partial charge in [0.15, 0.2) is 0 Å². The van der Waals surface area contributed by atoms with E-state index in [0.29, 0.717) is 16.9 Å². The molecule has 2 aromatic carbocycles. The highest BCUT2D eigenvalue weighted by Crippen LogP contribution is 2.24. The highest BCUT2D eigenvalue weighted by molar-refractivity contribution is 6.02. The Labute approximate surface area is 159 Å². The van der Waals surface area contributed by atoms with E-state index in [1.54, 1.807) is 24.3 Å². The third-order valence-electron chi connectivity index (χ3n) is 4.64. The summed E-state index contributed by atoms with van der Waals surface area (Å²) in [5.41, 5.74) is 2.63. The number of nitrogens with one attached hydrogen (secondary N) is 1. The van der Waals surface area contributed by atoms with Gasteiger partial charge in [-0.3, -0.25) is 9.59 Å². The van der Waals surface area contributed by atoms with Crippen molar-refractivity contribution in [2.75, 3.05) is 34.8 Å². The summed E-state index contributed by atoms with van der Waals surface area (Å²) in [7, 11) is 0. The van der Waals surface area contributed by atoms with Crippen molar-refractivity contribution in [2.24, 2.45) is 0 Å². The molecule has 0 aliphatic carbocycles. The highest BCUT2D eigenvalue weighted by atomic mass is 16.2. The first-order valence-electron chi connectivity index (χ1n) is 9.00. The SMILES string of the molecule is CC(=O)N(CC(=O)Nc1ccccc1C#N)c1ccc(N2CCCC2)cc1. The van der Waals surface area contributed by atoms with Crippen LogP contribution in [0.25, 0.3) is 0 Å². The summed E-state index contributed by atoms with van der Waals surface area (Å²) in [6, 6.07) is 16.5. The minimum Gasteiger partial charge on any atom is -0.372 e. The molecule has 0 spiro atoms. The van der Waals surface area contributed by atoms with Crippen LogP contribution in [0.15, 0.2) is 48.5 Å².